The summed E-state index contributed by atoms with van der Waals surface area (Å²) in [5, 5.41) is 3.47. The summed E-state index contributed by atoms with van der Waals surface area (Å²) in [5.41, 5.74) is 1.36. The van der Waals surface area contributed by atoms with Gasteiger partial charge in [0.15, 0.2) is 0 Å². The number of unbranched alkanes of at least 4 members (excludes halogenated alkanes) is 3. The quantitative estimate of drug-likeness (QED) is 0.604. The number of hydrogen-bond donors (Lipinski definition) is 1. The van der Waals surface area contributed by atoms with Gasteiger partial charge in [-0.15, -0.1) is 0 Å². The Morgan fingerprint density at radius 3 is 2.32 bits per heavy atom. The van der Waals surface area contributed by atoms with Gasteiger partial charge in [0.25, 0.3) is 0 Å². The lowest BCUT2D eigenvalue weighted by Gasteiger charge is -2.07. The van der Waals surface area contributed by atoms with E-state index in [1.807, 2.05) is 0 Å². The summed E-state index contributed by atoms with van der Waals surface area (Å²) < 4.78 is 5.71. The molecule has 1 N–H and O–H groups in total. The minimum atomic E-state index is 0.799. The van der Waals surface area contributed by atoms with Gasteiger partial charge in [-0.2, -0.15) is 0 Å². The molecular weight excluding hydrogens is 234 g/mol. The van der Waals surface area contributed by atoms with Crippen molar-refractivity contribution in [1.82, 2.24) is 5.32 Å². The van der Waals surface area contributed by atoms with Gasteiger partial charge in [-0.25, -0.2) is 0 Å². The maximum atomic E-state index is 5.71. The zero-order valence-corrected chi connectivity index (χ0v) is 12.6. The Hall–Kier alpha value is -1.02. The van der Waals surface area contributed by atoms with Gasteiger partial charge in [-0.05, 0) is 50.0 Å². The second-order valence-electron chi connectivity index (χ2n) is 5.01. The molecular formula is C17H29NO. The van der Waals surface area contributed by atoms with Crippen molar-refractivity contribution in [2.24, 2.45) is 0 Å². The highest BCUT2D eigenvalue weighted by molar-refractivity contribution is 5.27. The standard InChI is InChI=1S/C17H29NO/c1-3-5-6-7-13-18-14-8-15-19-17-11-9-16(4-2)10-12-17/h9-12,18H,3-8,13-15H2,1-2H3. The summed E-state index contributed by atoms with van der Waals surface area (Å²) >= 11 is 0. The third-order valence-corrected chi connectivity index (χ3v) is 3.31. The lowest BCUT2D eigenvalue weighted by atomic mass is 10.2. The molecule has 0 unspecified atom stereocenters. The minimum absolute atomic E-state index is 0.799. The van der Waals surface area contributed by atoms with Crippen molar-refractivity contribution in [3.8, 4) is 5.75 Å². The van der Waals surface area contributed by atoms with E-state index in [0.717, 1.165) is 38.3 Å². The number of aryl methyl sites for hydroxylation is 1. The summed E-state index contributed by atoms with van der Waals surface area (Å²) in [7, 11) is 0. The summed E-state index contributed by atoms with van der Waals surface area (Å²) in [4.78, 5) is 0. The predicted octanol–water partition coefficient (Wildman–Crippen LogP) is 4.19. The average molecular weight is 263 g/mol. The molecule has 1 aromatic carbocycles. The molecule has 1 rings (SSSR count). The van der Waals surface area contributed by atoms with Crippen LogP contribution in [0.25, 0.3) is 0 Å². The van der Waals surface area contributed by atoms with E-state index >= 15 is 0 Å². The molecule has 2 heteroatoms. The van der Waals surface area contributed by atoms with Crippen molar-refractivity contribution < 1.29 is 4.74 Å². The van der Waals surface area contributed by atoms with Gasteiger partial charge >= 0.3 is 0 Å². The largest absolute Gasteiger partial charge is 0.494 e. The molecule has 0 aliphatic carbocycles. The Morgan fingerprint density at radius 2 is 1.63 bits per heavy atom. The highest BCUT2D eigenvalue weighted by Crippen LogP contribution is 2.12. The van der Waals surface area contributed by atoms with E-state index in [0.29, 0.717) is 0 Å². The van der Waals surface area contributed by atoms with E-state index in [-0.39, 0.29) is 0 Å². The van der Waals surface area contributed by atoms with Crippen molar-refractivity contribution in [1.29, 1.82) is 0 Å². The van der Waals surface area contributed by atoms with Gasteiger partial charge in [0, 0.05) is 0 Å². The summed E-state index contributed by atoms with van der Waals surface area (Å²) in [6.45, 7) is 7.41. The molecule has 0 aliphatic heterocycles. The van der Waals surface area contributed by atoms with Crippen LogP contribution in [-0.2, 0) is 6.42 Å². The van der Waals surface area contributed by atoms with Gasteiger partial charge in [0.05, 0.1) is 6.61 Å². The van der Waals surface area contributed by atoms with E-state index in [2.05, 4.69) is 43.4 Å². The first-order valence-corrected chi connectivity index (χ1v) is 7.79. The number of benzene rings is 1. The Labute approximate surface area is 118 Å². The average Bonchev–Trinajstić information content (AvgIpc) is 2.46. The van der Waals surface area contributed by atoms with Gasteiger partial charge in [0.1, 0.15) is 5.75 Å². The molecule has 0 saturated carbocycles. The highest BCUT2D eigenvalue weighted by Gasteiger charge is 1.94. The van der Waals surface area contributed by atoms with E-state index in [1.54, 1.807) is 0 Å². The monoisotopic (exact) mass is 263 g/mol. The molecule has 0 aliphatic rings. The third kappa shape index (κ3) is 7.89. The topological polar surface area (TPSA) is 21.3 Å². The Kier molecular flexibility index (Phi) is 9.17. The van der Waals surface area contributed by atoms with E-state index in [1.165, 1.54) is 31.2 Å². The van der Waals surface area contributed by atoms with E-state index < -0.39 is 0 Å². The van der Waals surface area contributed by atoms with Crippen LogP contribution in [0.15, 0.2) is 24.3 Å². The van der Waals surface area contributed by atoms with Crippen LogP contribution in [0.3, 0.4) is 0 Å². The van der Waals surface area contributed by atoms with Crippen LogP contribution in [0.2, 0.25) is 0 Å². The first-order chi connectivity index (χ1) is 9.36. The Balaban J connectivity index is 1.95. The molecule has 0 atom stereocenters. The zero-order valence-electron chi connectivity index (χ0n) is 12.6. The molecule has 108 valence electrons. The van der Waals surface area contributed by atoms with Crippen LogP contribution in [-0.4, -0.2) is 19.7 Å². The summed E-state index contributed by atoms with van der Waals surface area (Å²) in [6, 6.07) is 8.41. The van der Waals surface area contributed by atoms with Crippen LogP contribution >= 0.6 is 0 Å². The van der Waals surface area contributed by atoms with Crippen LogP contribution in [0.4, 0.5) is 0 Å². The lowest BCUT2D eigenvalue weighted by molar-refractivity contribution is 0.308. The van der Waals surface area contributed by atoms with Crippen molar-refractivity contribution in [3.63, 3.8) is 0 Å². The zero-order chi connectivity index (χ0) is 13.8. The van der Waals surface area contributed by atoms with Crippen LogP contribution in [0, 0.1) is 0 Å². The minimum Gasteiger partial charge on any atom is -0.494 e. The normalized spacial score (nSPS) is 10.6. The van der Waals surface area contributed by atoms with Gasteiger partial charge in [0.2, 0.25) is 0 Å². The van der Waals surface area contributed by atoms with Gasteiger partial charge in [-0.1, -0.05) is 45.2 Å². The molecule has 0 fully saturated rings. The maximum absolute atomic E-state index is 5.71. The Morgan fingerprint density at radius 1 is 0.895 bits per heavy atom. The van der Waals surface area contributed by atoms with Crippen molar-refractivity contribution in [2.75, 3.05) is 19.7 Å². The number of rotatable bonds is 11. The molecule has 0 aromatic heterocycles. The number of ether oxygens (including phenoxy) is 1. The molecule has 19 heavy (non-hydrogen) atoms. The molecule has 0 radical (unpaired) electrons. The fourth-order valence-electron chi connectivity index (χ4n) is 2.01. The maximum Gasteiger partial charge on any atom is 0.119 e. The lowest BCUT2D eigenvalue weighted by Crippen LogP contribution is -2.18. The fraction of sp³-hybridized carbons (Fsp3) is 0.647. The second kappa shape index (κ2) is 10.9. The van der Waals surface area contributed by atoms with E-state index in [9.17, 15) is 0 Å². The molecule has 1 aromatic rings. The van der Waals surface area contributed by atoms with Crippen molar-refractivity contribution in [2.45, 2.75) is 52.4 Å². The second-order valence-corrected chi connectivity index (χ2v) is 5.01. The molecule has 2 nitrogen and oxygen atoms in total. The molecule has 0 bridgehead atoms. The summed E-state index contributed by atoms with van der Waals surface area (Å²) in [6.07, 6.45) is 7.48. The summed E-state index contributed by atoms with van der Waals surface area (Å²) in [5.74, 6) is 0.986. The van der Waals surface area contributed by atoms with Gasteiger partial charge < -0.3 is 10.1 Å². The van der Waals surface area contributed by atoms with Gasteiger partial charge in [-0.3, -0.25) is 0 Å². The molecule has 0 heterocycles. The van der Waals surface area contributed by atoms with Crippen LogP contribution in [0.1, 0.15) is 51.5 Å². The fourth-order valence-corrected chi connectivity index (χ4v) is 2.01. The smallest absolute Gasteiger partial charge is 0.119 e. The molecule has 0 spiro atoms. The highest BCUT2D eigenvalue weighted by atomic mass is 16.5. The predicted molar refractivity (Wildman–Crippen MR) is 82.9 cm³/mol. The van der Waals surface area contributed by atoms with Crippen molar-refractivity contribution >= 4 is 0 Å². The first-order valence-electron chi connectivity index (χ1n) is 7.79. The first kappa shape index (κ1) is 16.0. The number of nitrogens with one attached hydrogen (secondary N) is 1. The number of hydrogen-bond acceptors (Lipinski definition) is 2. The SMILES string of the molecule is CCCCCCNCCCOc1ccc(CC)cc1. The Bertz CT molecular complexity index is 308. The van der Waals surface area contributed by atoms with E-state index in [4.69, 9.17) is 4.74 Å². The van der Waals surface area contributed by atoms with Crippen molar-refractivity contribution in [3.05, 3.63) is 29.8 Å². The van der Waals surface area contributed by atoms with Crippen LogP contribution < -0.4 is 10.1 Å². The molecule has 0 amide bonds. The third-order valence-electron chi connectivity index (χ3n) is 3.31. The molecule has 0 saturated heterocycles. The van der Waals surface area contributed by atoms with Crippen LogP contribution in [0.5, 0.6) is 5.75 Å².